The van der Waals surface area contributed by atoms with Gasteiger partial charge in [0, 0.05) is 46.1 Å². The van der Waals surface area contributed by atoms with Crippen LogP contribution in [0.3, 0.4) is 0 Å². The van der Waals surface area contributed by atoms with Crippen LogP contribution in [-0.2, 0) is 25.9 Å². The molecule has 226 valence electrons. The minimum Gasteiger partial charge on any atom is -0.473 e. The van der Waals surface area contributed by atoms with E-state index in [1.807, 2.05) is 36.4 Å². The molecule has 0 bridgehead atoms. The summed E-state index contributed by atoms with van der Waals surface area (Å²) in [5.41, 5.74) is 8.75. The summed E-state index contributed by atoms with van der Waals surface area (Å²) in [5.74, 6) is 0.733. The van der Waals surface area contributed by atoms with Crippen LogP contribution in [0.2, 0.25) is 5.02 Å². The Balaban J connectivity index is 0.883. The zero-order chi connectivity index (χ0) is 29.3. The topological polar surface area (TPSA) is 59.1 Å². The summed E-state index contributed by atoms with van der Waals surface area (Å²) in [4.78, 5) is 9.81. The number of halogens is 1. The molecule has 4 aromatic rings. The molecule has 5 nitrogen and oxygen atoms in total. The molecule has 6 rings (SSSR count). The minimum absolute atomic E-state index is 0.413. The van der Waals surface area contributed by atoms with Crippen molar-refractivity contribution in [2.24, 2.45) is 0 Å². The van der Waals surface area contributed by atoms with E-state index in [0.717, 1.165) is 48.8 Å². The number of hydrogen-bond donors (Lipinski definition) is 2. The lowest BCUT2D eigenvalue weighted by Crippen LogP contribution is -2.26. The Bertz CT molecular complexity index is 1490. The van der Waals surface area contributed by atoms with Gasteiger partial charge in [-0.05, 0) is 99.2 Å². The maximum absolute atomic E-state index is 6.28. The molecule has 2 N–H and O–H groups in total. The Labute approximate surface area is 261 Å². The highest BCUT2D eigenvalue weighted by atomic mass is 35.5. The van der Waals surface area contributed by atoms with Crippen molar-refractivity contribution in [3.63, 3.8) is 0 Å². The van der Waals surface area contributed by atoms with Gasteiger partial charge in [-0.3, -0.25) is 4.98 Å². The summed E-state index contributed by atoms with van der Waals surface area (Å²) in [7, 11) is 0. The average Bonchev–Trinajstić information content (AvgIpc) is 3.04. The summed E-state index contributed by atoms with van der Waals surface area (Å²) in [5, 5.41) is 9.60. The second kappa shape index (κ2) is 15.0. The lowest BCUT2D eigenvalue weighted by molar-refractivity contribution is 0.291. The first kappa shape index (κ1) is 29.9. The fourth-order valence-electron chi connectivity index (χ4n) is 6.71. The van der Waals surface area contributed by atoms with Crippen molar-refractivity contribution in [1.82, 2.24) is 15.3 Å². The summed E-state index contributed by atoms with van der Waals surface area (Å²) in [6, 6.07) is 21.1. The summed E-state index contributed by atoms with van der Waals surface area (Å²) in [6.45, 7) is 2.65. The van der Waals surface area contributed by atoms with Crippen molar-refractivity contribution < 1.29 is 4.74 Å². The third kappa shape index (κ3) is 7.87. The van der Waals surface area contributed by atoms with Crippen molar-refractivity contribution >= 4 is 28.2 Å². The second-order valence-electron chi connectivity index (χ2n) is 12.2. The van der Waals surface area contributed by atoms with Crippen LogP contribution in [0, 0.1) is 0 Å². The number of fused-ring (bicyclic) bond motifs is 3. The van der Waals surface area contributed by atoms with Crippen LogP contribution in [0.25, 0.3) is 10.9 Å². The van der Waals surface area contributed by atoms with E-state index >= 15 is 0 Å². The van der Waals surface area contributed by atoms with E-state index in [0.29, 0.717) is 12.6 Å². The van der Waals surface area contributed by atoms with Gasteiger partial charge in [-0.25, -0.2) is 4.98 Å². The van der Waals surface area contributed by atoms with Gasteiger partial charge in [-0.2, -0.15) is 0 Å². The first-order valence-corrected chi connectivity index (χ1v) is 16.9. The van der Waals surface area contributed by atoms with Gasteiger partial charge >= 0.3 is 0 Å². The van der Waals surface area contributed by atoms with Crippen molar-refractivity contribution in [2.45, 2.75) is 96.1 Å². The van der Waals surface area contributed by atoms with E-state index in [1.54, 1.807) is 0 Å². The van der Waals surface area contributed by atoms with Gasteiger partial charge in [0.15, 0.2) is 0 Å². The molecule has 0 saturated carbocycles. The van der Waals surface area contributed by atoms with Gasteiger partial charge < -0.3 is 15.4 Å². The molecule has 2 aromatic heterocycles. The molecule has 2 aliphatic carbocycles. The molecule has 2 heterocycles. The molecule has 2 aliphatic rings. The molecule has 0 spiro atoms. The number of aryl methyl sites for hydroxylation is 2. The number of aromatic nitrogens is 2. The highest BCUT2D eigenvalue weighted by Crippen LogP contribution is 2.34. The molecule has 0 radical (unpaired) electrons. The van der Waals surface area contributed by atoms with Gasteiger partial charge in [0.1, 0.15) is 6.61 Å². The van der Waals surface area contributed by atoms with E-state index in [4.69, 9.17) is 26.3 Å². The number of hydrogen-bond acceptors (Lipinski definition) is 5. The van der Waals surface area contributed by atoms with E-state index in [1.165, 1.54) is 103 Å². The van der Waals surface area contributed by atoms with E-state index in [-0.39, 0.29) is 0 Å². The van der Waals surface area contributed by atoms with E-state index < -0.39 is 0 Å². The third-order valence-corrected chi connectivity index (χ3v) is 9.25. The van der Waals surface area contributed by atoms with Crippen LogP contribution in [0.5, 0.6) is 5.88 Å². The van der Waals surface area contributed by atoms with Gasteiger partial charge in [0.25, 0.3) is 0 Å². The Morgan fingerprint density at radius 2 is 1.56 bits per heavy atom. The number of anilines is 1. The molecule has 0 fully saturated rings. The summed E-state index contributed by atoms with van der Waals surface area (Å²) < 4.78 is 5.98. The van der Waals surface area contributed by atoms with Crippen LogP contribution in [-0.4, -0.2) is 23.1 Å². The molecule has 0 amide bonds. The Morgan fingerprint density at radius 3 is 2.44 bits per heavy atom. The first-order valence-electron chi connectivity index (χ1n) is 16.5. The van der Waals surface area contributed by atoms with Gasteiger partial charge in [0.2, 0.25) is 5.88 Å². The molecule has 43 heavy (non-hydrogen) atoms. The summed E-state index contributed by atoms with van der Waals surface area (Å²) >= 11 is 6.28. The third-order valence-electron chi connectivity index (χ3n) is 9.02. The number of pyridine rings is 2. The molecule has 0 unspecified atom stereocenters. The number of ether oxygens (including phenoxy) is 1. The quantitative estimate of drug-likeness (QED) is 0.142. The van der Waals surface area contributed by atoms with Gasteiger partial charge in [-0.1, -0.05) is 73.7 Å². The zero-order valence-corrected chi connectivity index (χ0v) is 26.1. The first-order chi connectivity index (χ1) is 21.2. The van der Waals surface area contributed by atoms with Crippen LogP contribution in [0.15, 0.2) is 60.7 Å². The average molecular weight is 597 g/mol. The van der Waals surface area contributed by atoms with Crippen LogP contribution < -0.4 is 15.4 Å². The smallest absolute Gasteiger partial charge is 0.213 e. The number of unbranched alkanes of at least 4 members (excludes halogenated alkanes) is 5. The largest absolute Gasteiger partial charge is 0.473 e. The van der Waals surface area contributed by atoms with Crippen LogP contribution >= 0.6 is 11.6 Å². The number of benzene rings is 2. The van der Waals surface area contributed by atoms with E-state index in [9.17, 15) is 0 Å². The van der Waals surface area contributed by atoms with Crippen LogP contribution in [0.4, 0.5) is 5.69 Å². The molecule has 0 saturated heterocycles. The van der Waals surface area contributed by atoms with Crippen LogP contribution in [0.1, 0.15) is 98.3 Å². The molecule has 2 aromatic carbocycles. The van der Waals surface area contributed by atoms with Crippen molar-refractivity contribution in [2.75, 3.05) is 18.4 Å². The SMILES string of the molecule is Clc1ccc2c(NCCCCCCCCN[C@H]3CCCc4nc(OCc5ccccc5)ccc43)c3c(nc2c1)CCCC3. The molecule has 0 aliphatic heterocycles. The molecule has 1 atom stereocenters. The fraction of sp³-hybridized carbons (Fsp3) is 0.459. The number of nitrogens with zero attached hydrogens (tertiary/aromatic N) is 2. The Morgan fingerprint density at radius 1 is 0.767 bits per heavy atom. The highest BCUT2D eigenvalue weighted by Gasteiger charge is 2.21. The monoisotopic (exact) mass is 596 g/mol. The van der Waals surface area contributed by atoms with Gasteiger partial charge in [0.05, 0.1) is 5.52 Å². The van der Waals surface area contributed by atoms with Gasteiger partial charge in [-0.15, -0.1) is 0 Å². The van der Waals surface area contributed by atoms with Crippen molar-refractivity contribution in [3.05, 3.63) is 93.8 Å². The molecule has 6 heteroatoms. The second-order valence-corrected chi connectivity index (χ2v) is 12.6. The molecular formula is C37H45ClN4O. The maximum atomic E-state index is 6.28. The predicted octanol–water partition coefficient (Wildman–Crippen LogP) is 9.16. The fourth-order valence-corrected chi connectivity index (χ4v) is 6.88. The Kier molecular flexibility index (Phi) is 10.5. The van der Waals surface area contributed by atoms with Crippen molar-refractivity contribution in [1.29, 1.82) is 0 Å². The van der Waals surface area contributed by atoms with E-state index in [2.05, 4.69) is 34.9 Å². The molecular weight excluding hydrogens is 552 g/mol. The maximum Gasteiger partial charge on any atom is 0.213 e. The highest BCUT2D eigenvalue weighted by molar-refractivity contribution is 6.31. The lowest BCUT2D eigenvalue weighted by atomic mass is 9.91. The lowest BCUT2D eigenvalue weighted by Gasteiger charge is -2.26. The number of rotatable bonds is 14. The predicted molar refractivity (Wildman–Crippen MR) is 178 cm³/mol. The standard InChI is InChI=1S/C37H45ClN4O/c38-28-19-20-31-35(25-28)41-34-16-9-8-15-30(34)37(31)40-24-11-4-2-1-3-10-23-39-32-17-12-18-33-29(32)21-22-36(42-33)43-26-27-13-6-5-7-14-27/h5-7,13-14,19-22,25,32,39H,1-4,8-12,15-18,23-24,26H2,(H,40,41)/t32-/m0/s1. The zero-order valence-electron chi connectivity index (χ0n) is 25.3. The Hall–Kier alpha value is -3.15. The summed E-state index contributed by atoms with van der Waals surface area (Å²) in [6.07, 6.45) is 15.7. The van der Waals surface area contributed by atoms with Crippen molar-refractivity contribution in [3.8, 4) is 5.88 Å². The number of nitrogens with one attached hydrogen (secondary N) is 2. The normalized spacial score (nSPS) is 16.1. The minimum atomic E-state index is 0.413.